The van der Waals surface area contributed by atoms with Gasteiger partial charge in [0.2, 0.25) is 0 Å². The quantitative estimate of drug-likeness (QED) is 0.615. The van der Waals surface area contributed by atoms with Crippen LogP contribution in [0.4, 0.5) is 4.79 Å². The summed E-state index contributed by atoms with van der Waals surface area (Å²) < 4.78 is 5.24. The Morgan fingerprint density at radius 2 is 1.81 bits per heavy atom. The number of rotatable bonds is 7. The monoisotopic (exact) mass is 457 g/mol. The van der Waals surface area contributed by atoms with E-state index < -0.39 is 11.7 Å². The Hall–Kier alpha value is -2.38. The zero-order chi connectivity index (χ0) is 23.1. The summed E-state index contributed by atoms with van der Waals surface area (Å²) in [6.45, 7) is 10.9. The Kier molecular flexibility index (Phi) is 8.32. The van der Waals surface area contributed by atoms with Gasteiger partial charge in [0.25, 0.3) is 5.91 Å². The number of thiophene rings is 1. The molecule has 7 heteroatoms. The first-order valence-corrected chi connectivity index (χ1v) is 12.2. The van der Waals surface area contributed by atoms with Crippen molar-refractivity contribution in [3.05, 3.63) is 57.8 Å². The summed E-state index contributed by atoms with van der Waals surface area (Å²) in [5, 5.41) is 7.96. The lowest BCUT2D eigenvalue weighted by Crippen LogP contribution is -2.41. The maximum Gasteiger partial charge on any atom is 0.407 e. The third kappa shape index (κ3) is 7.35. The number of carbonyl (C=O) groups excluding carboxylic acids is 2. The molecule has 0 aliphatic carbocycles. The lowest BCUT2D eigenvalue weighted by molar-refractivity contribution is 0.0523. The molecule has 0 spiro atoms. The van der Waals surface area contributed by atoms with Crippen molar-refractivity contribution in [2.75, 3.05) is 19.6 Å². The second kappa shape index (κ2) is 11.0. The molecule has 174 valence electrons. The number of hydrogen-bond donors (Lipinski definition) is 2. The summed E-state index contributed by atoms with van der Waals surface area (Å²) in [5.41, 5.74) is 0.994. The van der Waals surface area contributed by atoms with E-state index in [0.29, 0.717) is 18.7 Å². The van der Waals surface area contributed by atoms with Crippen molar-refractivity contribution in [1.29, 1.82) is 0 Å². The van der Waals surface area contributed by atoms with Crippen LogP contribution in [0.1, 0.15) is 67.4 Å². The maximum atomic E-state index is 12.8. The van der Waals surface area contributed by atoms with Gasteiger partial charge in [-0.05, 0) is 81.8 Å². The Bertz CT molecular complexity index is 867. The molecule has 3 rings (SSSR count). The van der Waals surface area contributed by atoms with Gasteiger partial charge < -0.3 is 15.4 Å². The van der Waals surface area contributed by atoms with E-state index in [4.69, 9.17) is 4.74 Å². The third-order valence-electron chi connectivity index (χ3n) is 5.64. The minimum absolute atomic E-state index is 0.0800. The largest absolute Gasteiger partial charge is 0.444 e. The summed E-state index contributed by atoms with van der Waals surface area (Å²) in [5.74, 6) is 0.691. The zero-order valence-corrected chi connectivity index (χ0v) is 20.3. The van der Waals surface area contributed by atoms with Gasteiger partial charge in [0.15, 0.2) is 0 Å². The SMILES string of the molecule is CC1CCN(C(CNC(=O)c2ccc(CNC(=O)OC(C)(C)C)cc2)c2cccs2)CC1. The summed E-state index contributed by atoms with van der Waals surface area (Å²) >= 11 is 1.75. The second-order valence-electron chi connectivity index (χ2n) is 9.51. The van der Waals surface area contributed by atoms with Gasteiger partial charge in [0, 0.05) is 23.5 Å². The van der Waals surface area contributed by atoms with Crippen LogP contribution in [0.15, 0.2) is 41.8 Å². The molecule has 1 fully saturated rings. The molecular weight excluding hydrogens is 422 g/mol. The molecule has 32 heavy (non-hydrogen) atoms. The standard InChI is InChI=1S/C25H35N3O3S/c1-18-11-13-28(14-12-18)21(22-6-5-15-32-22)17-26-23(29)20-9-7-19(8-10-20)16-27-24(30)31-25(2,3)4/h5-10,15,18,21H,11-14,16-17H2,1-4H3,(H,26,29)(H,27,30). The van der Waals surface area contributed by atoms with Crippen molar-refractivity contribution >= 4 is 23.3 Å². The van der Waals surface area contributed by atoms with Crippen LogP contribution in [0.25, 0.3) is 0 Å². The average molecular weight is 458 g/mol. The van der Waals surface area contributed by atoms with Crippen molar-refractivity contribution in [1.82, 2.24) is 15.5 Å². The molecule has 6 nitrogen and oxygen atoms in total. The number of benzene rings is 1. The molecule has 0 saturated carbocycles. The molecule has 0 bridgehead atoms. The fraction of sp³-hybridized carbons (Fsp3) is 0.520. The van der Waals surface area contributed by atoms with Crippen LogP contribution in [-0.2, 0) is 11.3 Å². The predicted octanol–water partition coefficient (Wildman–Crippen LogP) is 4.98. The fourth-order valence-corrected chi connectivity index (χ4v) is 4.65. The zero-order valence-electron chi connectivity index (χ0n) is 19.5. The highest BCUT2D eigenvalue weighted by Gasteiger charge is 2.26. The first kappa shape index (κ1) is 24.3. The molecule has 0 radical (unpaired) electrons. The normalized spacial score (nSPS) is 16.4. The summed E-state index contributed by atoms with van der Waals surface area (Å²) in [6.07, 6.45) is 1.95. The lowest BCUT2D eigenvalue weighted by Gasteiger charge is -2.36. The Labute approximate surface area is 195 Å². The van der Waals surface area contributed by atoms with E-state index in [1.807, 2.05) is 32.9 Å². The second-order valence-corrected chi connectivity index (χ2v) is 10.5. The van der Waals surface area contributed by atoms with E-state index >= 15 is 0 Å². The van der Waals surface area contributed by atoms with E-state index in [-0.39, 0.29) is 11.9 Å². The van der Waals surface area contributed by atoms with Crippen LogP contribution < -0.4 is 10.6 Å². The lowest BCUT2D eigenvalue weighted by atomic mass is 9.97. The minimum atomic E-state index is -0.528. The highest BCUT2D eigenvalue weighted by Crippen LogP contribution is 2.29. The van der Waals surface area contributed by atoms with Gasteiger partial charge in [0.1, 0.15) is 5.60 Å². The van der Waals surface area contributed by atoms with Crippen LogP contribution in [0.3, 0.4) is 0 Å². The van der Waals surface area contributed by atoms with Crippen LogP contribution in [0, 0.1) is 5.92 Å². The maximum absolute atomic E-state index is 12.8. The van der Waals surface area contributed by atoms with Crippen LogP contribution in [-0.4, -0.2) is 42.1 Å². The summed E-state index contributed by atoms with van der Waals surface area (Å²) in [4.78, 5) is 28.4. The molecule has 2 heterocycles. The first-order chi connectivity index (χ1) is 15.2. The Morgan fingerprint density at radius 3 is 2.41 bits per heavy atom. The fourth-order valence-electron chi connectivity index (χ4n) is 3.78. The van der Waals surface area contributed by atoms with E-state index in [2.05, 4.69) is 40.0 Å². The summed E-state index contributed by atoms with van der Waals surface area (Å²) in [7, 11) is 0. The van der Waals surface area contributed by atoms with E-state index in [1.54, 1.807) is 23.5 Å². The topological polar surface area (TPSA) is 70.7 Å². The van der Waals surface area contributed by atoms with Gasteiger partial charge >= 0.3 is 6.09 Å². The number of ether oxygens (including phenoxy) is 1. The molecule has 1 aliphatic rings. The molecule has 1 aromatic heterocycles. The molecule has 2 amide bonds. The van der Waals surface area contributed by atoms with Crippen LogP contribution in [0.2, 0.25) is 0 Å². The number of nitrogens with zero attached hydrogens (tertiary/aromatic N) is 1. The van der Waals surface area contributed by atoms with Crippen molar-refractivity contribution in [2.24, 2.45) is 5.92 Å². The van der Waals surface area contributed by atoms with Crippen molar-refractivity contribution in [3.63, 3.8) is 0 Å². The molecule has 2 aromatic rings. The number of likely N-dealkylation sites (tertiary alicyclic amines) is 1. The van der Waals surface area contributed by atoms with Crippen LogP contribution in [0.5, 0.6) is 0 Å². The smallest absolute Gasteiger partial charge is 0.407 e. The highest BCUT2D eigenvalue weighted by molar-refractivity contribution is 7.10. The van der Waals surface area contributed by atoms with Gasteiger partial charge in [-0.25, -0.2) is 4.79 Å². The van der Waals surface area contributed by atoms with E-state index in [9.17, 15) is 9.59 Å². The van der Waals surface area contributed by atoms with Gasteiger partial charge in [-0.1, -0.05) is 25.1 Å². The third-order valence-corrected chi connectivity index (χ3v) is 6.61. The molecule has 1 aliphatic heterocycles. The molecule has 2 N–H and O–H groups in total. The Morgan fingerprint density at radius 1 is 1.12 bits per heavy atom. The van der Waals surface area contributed by atoms with Crippen molar-refractivity contribution in [2.45, 2.75) is 58.7 Å². The number of alkyl carbamates (subject to hydrolysis) is 1. The average Bonchev–Trinajstić information content (AvgIpc) is 3.27. The molecule has 1 saturated heterocycles. The molecular formula is C25H35N3O3S. The predicted molar refractivity (Wildman–Crippen MR) is 129 cm³/mol. The molecule has 1 unspecified atom stereocenters. The number of nitrogens with one attached hydrogen (secondary N) is 2. The van der Waals surface area contributed by atoms with Gasteiger partial charge in [-0.3, -0.25) is 9.69 Å². The van der Waals surface area contributed by atoms with E-state index in [1.165, 1.54) is 17.7 Å². The minimum Gasteiger partial charge on any atom is -0.444 e. The van der Waals surface area contributed by atoms with E-state index in [0.717, 1.165) is 24.6 Å². The molecule has 1 atom stereocenters. The number of hydrogen-bond acceptors (Lipinski definition) is 5. The van der Waals surface area contributed by atoms with Gasteiger partial charge in [0.05, 0.1) is 6.04 Å². The number of carbonyl (C=O) groups is 2. The van der Waals surface area contributed by atoms with Crippen molar-refractivity contribution in [3.8, 4) is 0 Å². The Balaban J connectivity index is 1.53. The van der Waals surface area contributed by atoms with Gasteiger partial charge in [-0.15, -0.1) is 11.3 Å². The number of amides is 2. The molecule has 1 aromatic carbocycles. The first-order valence-electron chi connectivity index (χ1n) is 11.3. The van der Waals surface area contributed by atoms with Crippen molar-refractivity contribution < 1.29 is 14.3 Å². The van der Waals surface area contributed by atoms with Crippen LogP contribution >= 0.6 is 11.3 Å². The highest BCUT2D eigenvalue weighted by atomic mass is 32.1. The summed E-state index contributed by atoms with van der Waals surface area (Å²) in [6, 6.07) is 11.7. The van der Waals surface area contributed by atoms with Gasteiger partial charge in [-0.2, -0.15) is 0 Å². The number of piperidine rings is 1.